The van der Waals surface area contributed by atoms with Gasteiger partial charge in [-0.25, -0.2) is 4.79 Å². The molecule has 0 aromatic heterocycles. The first-order chi connectivity index (χ1) is 8.43. The zero-order valence-corrected chi connectivity index (χ0v) is 10.5. The molecular formula is C11H13NO5S. The molecule has 7 heteroatoms. The van der Waals surface area contributed by atoms with Crippen LogP contribution >= 0.6 is 11.8 Å². The lowest BCUT2D eigenvalue weighted by molar-refractivity contribution is -0.141. The highest BCUT2D eigenvalue weighted by Gasteiger charge is 2.54. The summed E-state index contributed by atoms with van der Waals surface area (Å²) in [5.41, 5.74) is 6.19. The summed E-state index contributed by atoms with van der Waals surface area (Å²) in [5, 5.41) is 9.04. The lowest BCUT2D eigenvalue weighted by Gasteiger charge is -2.44. The van der Waals surface area contributed by atoms with Crippen LogP contribution in [0.25, 0.3) is 0 Å². The second-order valence-electron chi connectivity index (χ2n) is 4.28. The molecule has 1 heterocycles. The number of nitrogens with two attached hydrogens (primary N) is 1. The minimum atomic E-state index is -1.13. The number of hydrogen-bond acceptors (Lipinski definition) is 6. The summed E-state index contributed by atoms with van der Waals surface area (Å²) in [4.78, 5) is 33.7. The van der Waals surface area contributed by atoms with Gasteiger partial charge in [0.1, 0.15) is 6.61 Å². The molecule has 0 saturated heterocycles. The molecular weight excluding hydrogens is 258 g/mol. The number of ketones is 1. The molecule has 1 fully saturated rings. The van der Waals surface area contributed by atoms with Crippen LogP contribution in [0.4, 0.5) is 0 Å². The average Bonchev–Trinajstić information content (AvgIpc) is 2.33. The Labute approximate surface area is 108 Å². The topological polar surface area (TPSA) is 107 Å². The van der Waals surface area contributed by atoms with E-state index in [0.717, 1.165) is 0 Å². The monoisotopic (exact) mass is 271 g/mol. The fourth-order valence-corrected chi connectivity index (χ4v) is 3.65. The van der Waals surface area contributed by atoms with Gasteiger partial charge in [0.25, 0.3) is 0 Å². The van der Waals surface area contributed by atoms with Gasteiger partial charge in [-0.1, -0.05) is 0 Å². The molecule has 0 bridgehead atoms. The van der Waals surface area contributed by atoms with Gasteiger partial charge in [0.15, 0.2) is 5.78 Å². The van der Waals surface area contributed by atoms with E-state index < -0.39 is 23.9 Å². The number of ether oxygens (including phenoxy) is 1. The highest BCUT2D eigenvalue weighted by molar-refractivity contribution is 8.00. The molecule has 3 atom stereocenters. The van der Waals surface area contributed by atoms with Gasteiger partial charge in [0.05, 0.1) is 17.5 Å². The minimum absolute atomic E-state index is 0.0618. The molecule has 0 aromatic rings. The van der Waals surface area contributed by atoms with E-state index in [1.54, 1.807) is 0 Å². The van der Waals surface area contributed by atoms with E-state index in [1.165, 1.54) is 18.7 Å². The van der Waals surface area contributed by atoms with Crippen LogP contribution < -0.4 is 5.73 Å². The van der Waals surface area contributed by atoms with Crippen molar-refractivity contribution in [2.45, 2.75) is 18.2 Å². The fraction of sp³-hybridized carbons (Fsp3) is 0.545. The molecule has 0 aromatic carbocycles. The smallest absolute Gasteiger partial charge is 0.332 e. The third kappa shape index (κ3) is 2.04. The predicted octanol–water partition coefficient (Wildman–Crippen LogP) is -0.428. The average molecular weight is 271 g/mol. The van der Waals surface area contributed by atoms with E-state index in [1.807, 2.05) is 0 Å². The maximum absolute atomic E-state index is 11.7. The molecule has 2 rings (SSSR count). The van der Waals surface area contributed by atoms with Crippen molar-refractivity contribution in [2.75, 3.05) is 12.4 Å². The number of thioether (sulfide) groups is 1. The molecule has 1 aliphatic heterocycles. The van der Waals surface area contributed by atoms with Gasteiger partial charge in [-0.15, -0.1) is 0 Å². The summed E-state index contributed by atoms with van der Waals surface area (Å²) < 4.78 is 4.82. The minimum Gasteiger partial charge on any atom is -0.478 e. The number of esters is 1. The summed E-state index contributed by atoms with van der Waals surface area (Å²) in [5.74, 6) is -2.08. The Morgan fingerprint density at radius 3 is 2.78 bits per heavy atom. The summed E-state index contributed by atoms with van der Waals surface area (Å²) >= 11 is 1.45. The van der Waals surface area contributed by atoms with Gasteiger partial charge in [-0.3, -0.25) is 9.59 Å². The van der Waals surface area contributed by atoms with Crippen molar-refractivity contribution in [2.24, 2.45) is 11.7 Å². The molecule has 3 unspecified atom stereocenters. The number of rotatable bonds is 3. The van der Waals surface area contributed by atoms with E-state index in [0.29, 0.717) is 11.3 Å². The van der Waals surface area contributed by atoms with Crippen LogP contribution in [0.3, 0.4) is 0 Å². The van der Waals surface area contributed by atoms with Crippen LogP contribution in [-0.2, 0) is 19.1 Å². The number of carbonyl (C=O) groups is 3. The SMILES string of the molecule is CC(=O)OCC1=C(C(=O)O)C2C(=O)C(N)C2SC1. The number of aliphatic carboxylic acids is 1. The first kappa shape index (κ1) is 13.1. The molecule has 18 heavy (non-hydrogen) atoms. The van der Waals surface area contributed by atoms with Gasteiger partial charge in [-0.2, -0.15) is 11.8 Å². The lowest BCUT2D eigenvalue weighted by atomic mass is 9.72. The van der Waals surface area contributed by atoms with E-state index in [-0.39, 0.29) is 23.2 Å². The summed E-state index contributed by atoms with van der Waals surface area (Å²) in [7, 11) is 0. The van der Waals surface area contributed by atoms with Crippen molar-refractivity contribution in [3.8, 4) is 0 Å². The molecule has 1 saturated carbocycles. The van der Waals surface area contributed by atoms with Crippen molar-refractivity contribution >= 4 is 29.5 Å². The first-order valence-corrected chi connectivity index (χ1v) is 6.48. The van der Waals surface area contributed by atoms with E-state index in [9.17, 15) is 19.5 Å². The van der Waals surface area contributed by atoms with Crippen molar-refractivity contribution in [1.29, 1.82) is 0 Å². The largest absolute Gasteiger partial charge is 0.478 e. The Kier molecular flexibility index (Phi) is 3.45. The van der Waals surface area contributed by atoms with Gasteiger partial charge < -0.3 is 15.6 Å². The zero-order chi connectivity index (χ0) is 13.4. The van der Waals surface area contributed by atoms with Crippen molar-refractivity contribution < 1.29 is 24.2 Å². The molecule has 3 N–H and O–H groups in total. The molecule has 6 nitrogen and oxygen atoms in total. The summed E-state index contributed by atoms with van der Waals surface area (Å²) in [6, 6.07) is -0.579. The Hall–Kier alpha value is -1.34. The highest BCUT2D eigenvalue weighted by atomic mass is 32.2. The van der Waals surface area contributed by atoms with Crippen LogP contribution in [0.1, 0.15) is 6.92 Å². The maximum Gasteiger partial charge on any atom is 0.332 e. The predicted molar refractivity (Wildman–Crippen MR) is 64.0 cm³/mol. The van der Waals surface area contributed by atoms with Crippen LogP contribution in [0.15, 0.2) is 11.1 Å². The maximum atomic E-state index is 11.7. The van der Waals surface area contributed by atoms with Crippen LogP contribution in [-0.4, -0.2) is 46.5 Å². The normalized spacial score (nSPS) is 30.6. The number of hydrogen-bond donors (Lipinski definition) is 2. The quantitative estimate of drug-likeness (QED) is 0.671. The molecule has 1 aliphatic carbocycles. The van der Waals surface area contributed by atoms with Crippen molar-refractivity contribution in [1.82, 2.24) is 0 Å². The van der Waals surface area contributed by atoms with E-state index >= 15 is 0 Å². The standard InChI is InChI=1S/C11H13NO5S/c1-4(13)17-2-5-3-18-10-7(6(5)11(15)16)9(14)8(10)12/h7-8,10H,2-3,12H2,1H3,(H,15,16). The number of fused-ring (bicyclic) bond motifs is 1. The van der Waals surface area contributed by atoms with Crippen LogP contribution in [0.5, 0.6) is 0 Å². The van der Waals surface area contributed by atoms with Crippen LogP contribution in [0, 0.1) is 5.92 Å². The Morgan fingerprint density at radius 2 is 2.22 bits per heavy atom. The Morgan fingerprint density at radius 1 is 1.56 bits per heavy atom. The van der Waals surface area contributed by atoms with Crippen molar-refractivity contribution in [3.05, 3.63) is 11.1 Å². The second-order valence-corrected chi connectivity index (χ2v) is 5.45. The first-order valence-electron chi connectivity index (χ1n) is 5.43. The molecule has 98 valence electrons. The molecule has 0 spiro atoms. The second kappa shape index (κ2) is 4.74. The van der Waals surface area contributed by atoms with E-state index in [4.69, 9.17) is 10.5 Å². The van der Waals surface area contributed by atoms with Gasteiger partial charge in [0, 0.05) is 17.9 Å². The molecule has 0 radical (unpaired) electrons. The lowest BCUT2D eigenvalue weighted by Crippen LogP contribution is -2.62. The Balaban J connectivity index is 2.26. The van der Waals surface area contributed by atoms with Crippen molar-refractivity contribution in [3.63, 3.8) is 0 Å². The zero-order valence-electron chi connectivity index (χ0n) is 9.71. The third-order valence-electron chi connectivity index (χ3n) is 3.14. The van der Waals surface area contributed by atoms with Gasteiger partial charge >= 0.3 is 11.9 Å². The Bertz CT molecular complexity index is 458. The molecule has 0 amide bonds. The number of carboxylic acids is 1. The molecule has 2 aliphatic rings. The number of carboxylic acid groups (broad SMARTS) is 1. The number of carbonyl (C=O) groups excluding carboxylic acids is 2. The highest BCUT2D eigenvalue weighted by Crippen LogP contribution is 2.44. The fourth-order valence-electron chi connectivity index (χ4n) is 2.21. The van der Waals surface area contributed by atoms with Crippen LogP contribution in [0.2, 0.25) is 0 Å². The van der Waals surface area contributed by atoms with Gasteiger partial charge in [0.2, 0.25) is 0 Å². The summed E-state index contributed by atoms with van der Waals surface area (Å²) in [6.07, 6.45) is 0. The summed E-state index contributed by atoms with van der Waals surface area (Å²) in [6.45, 7) is 1.18. The van der Waals surface area contributed by atoms with Gasteiger partial charge in [-0.05, 0) is 5.57 Å². The third-order valence-corrected chi connectivity index (χ3v) is 4.60. The number of Topliss-reactive ketones (excluding diaryl/α,β-unsaturated/α-hetero) is 1. The van der Waals surface area contributed by atoms with E-state index in [2.05, 4.69) is 0 Å².